The van der Waals surface area contributed by atoms with Crippen molar-refractivity contribution in [3.8, 4) is 5.75 Å². The normalized spacial score (nSPS) is 13.7. The summed E-state index contributed by atoms with van der Waals surface area (Å²) in [4.78, 5) is 8.67. The van der Waals surface area contributed by atoms with Gasteiger partial charge in [-0.2, -0.15) is 0 Å². The van der Waals surface area contributed by atoms with Crippen LogP contribution in [0.1, 0.15) is 35.2 Å². The monoisotopic (exact) mass is 452 g/mol. The van der Waals surface area contributed by atoms with Crippen LogP contribution in [0.2, 0.25) is 0 Å². The van der Waals surface area contributed by atoms with Crippen LogP contribution in [-0.4, -0.2) is 22.6 Å². The number of fused-ring (bicyclic) bond motifs is 1. The van der Waals surface area contributed by atoms with Gasteiger partial charge in [-0.05, 0) is 55.0 Å². The van der Waals surface area contributed by atoms with Gasteiger partial charge in [-0.1, -0.05) is 12.1 Å². The van der Waals surface area contributed by atoms with Crippen LogP contribution in [0.5, 0.6) is 5.75 Å². The lowest BCUT2D eigenvalue weighted by Gasteiger charge is -2.19. The molecule has 0 unspecified atom stereocenters. The van der Waals surface area contributed by atoms with Crippen LogP contribution in [-0.2, 0) is 25.8 Å². The van der Waals surface area contributed by atoms with Crippen LogP contribution >= 0.6 is 24.0 Å². The summed E-state index contributed by atoms with van der Waals surface area (Å²) < 4.78 is 0. The van der Waals surface area contributed by atoms with E-state index in [1.165, 1.54) is 24.0 Å². The number of halogens is 1. The van der Waals surface area contributed by atoms with E-state index in [1.54, 1.807) is 12.3 Å². The number of pyridine rings is 1. The van der Waals surface area contributed by atoms with E-state index in [9.17, 15) is 5.11 Å². The Bertz CT molecular complexity index is 719. The molecule has 0 bridgehead atoms. The smallest absolute Gasteiger partial charge is 0.188 e. The number of aryl methyl sites for hydroxylation is 1. The quantitative estimate of drug-likeness (QED) is 0.370. The summed E-state index contributed by atoms with van der Waals surface area (Å²) in [6, 6.07) is 9.68. The molecule has 4 N–H and O–H groups in total. The number of hydrogen-bond acceptors (Lipinski definition) is 3. The summed E-state index contributed by atoms with van der Waals surface area (Å²) in [5.41, 5.74) is 10.5. The topological polar surface area (TPSA) is 83.5 Å². The molecule has 0 amide bonds. The Morgan fingerprint density at radius 3 is 2.84 bits per heavy atom. The molecule has 0 saturated carbocycles. The van der Waals surface area contributed by atoms with Gasteiger partial charge >= 0.3 is 0 Å². The highest BCUT2D eigenvalue weighted by Crippen LogP contribution is 2.30. The number of rotatable bonds is 5. The minimum Gasteiger partial charge on any atom is -0.508 e. The molecule has 1 aliphatic rings. The molecule has 1 aromatic heterocycles. The van der Waals surface area contributed by atoms with E-state index in [4.69, 9.17) is 5.73 Å². The van der Waals surface area contributed by atoms with E-state index in [0.29, 0.717) is 24.8 Å². The first kappa shape index (κ1) is 19.5. The van der Waals surface area contributed by atoms with Gasteiger partial charge in [0.15, 0.2) is 5.96 Å². The Kier molecular flexibility index (Phi) is 7.49. The summed E-state index contributed by atoms with van der Waals surface area (Å²) in [6.07, 6.45) is 7.07. The highest BCUT2D eigenvalue weighted by atomic mass is 127. The molecule has 0 radical (unpaired) electrons. The van der Waals surface area contributed by atoms with Crippen molar-refractivity contribution in [1.29, 1.82) is 0 Å². The molecule has 0 aliphatic heterocycles. The molecule has 3 rings (SSSR count). The van der Waals surface area contributed by atoms with Crippen LogP contribution in [0, 0.1) is 0 Å². The summed E-state index contributed by atoms with van der Waals surface area (Å²) in [5.74, 6) is 0.722. The average molecular weight is 452 g/mol. The van der Waals surface area contributed by atoms with Crippen molar-refractivity contribution < 1.29 is 5.11 Å². The number of nitrogens with one attached hydrogen (secondary N) is 1. The number of aromatic hydroxyl groups is 1. The maximum atomic E-state index is 10.2. The summed E-state index contributed by atoms with van der Waals surface area (Å²) in [6.45, 7) is 1.10. The lowest BCUT2D eigenvalue weighted by Crippen LogP contribution is -2.33. The van der Waals surface area contributed by atoms with Crippen molar-refractivity contribution in [2.24, 2.45) is 10.7 Å². The lowest BCUT2D eigenvalue weighted by molar-refractivity contribution is 0.465. The molecule has 134 valence electrons. The Balaban J connectivity index is 0.00000225. The SMILES string of the molecule is I.NC(=NCc1c(O)ccc2c1CCCC2)NCCc1ccccn1. The van der Waals surface area contributed by atoms with Crippen molar-refractivity contribution in [3.05, 3.63) is 58.9 Å². The molecule has 1 aromatic carbocycles. The molecule has 1 aliphatic carbocycles. The number of benzene rings is 1. The first-order valence-corrected chi connectivity index (χ1v) is 8.50. The van der Waals surface area contributed by atoms with Gasteiger partial charge in [0.1, 0.15) is 5.75 Å². The zero-order valence-electron chi connectivity index (χ0n) is 14.2. The number of aliphatic imine (C=N–C) groups is 1. The van der Waals surface area contributed by atoms with Crippen LogP contribution in [0.25, 0.3) is 0 Å². The molecular formula is C19H25IN4O. The van der Waals surface area contributed by atoms with E-state index < -0.39 is 0 Å². The van der Waals surface area contributed by atoms with Gasteiger partial charge in [0.05, 0.1) is 6.54 Å². The first-order chi connectivity index (χ1) is 11.7. The lowest BCUT2D eigenvalue weighted by atomic mass is 9.88. The van der Waals surface area contributed by atoms with E-state index >= 15 is 0 Å². The maximum Gasteiger partial charge on any atom is 0.188 e. The average Bonchev–Trinajstić information content (AvgIpc) is 2.62. The van der Waals surface area contributed by atoms with E-state index in [0.717, 1.165) is 30.5 Å². The summed E-state index contributed by atoms with van der Waals surface area (Å²) >= 11 is 0. The largest absolute Gasteiger partial charge is 0.508 e. The zero-order valence-corrected chi connectivity index (χ0v) is 16.6. The minimum absolute atomic E-state index is 0. The van der Waals surface area contributed by atoms with E-state index in [1.807, 2.05) is 24.3 Å². The van der Waals surface area contributed by atoms with Crippen molar-refractivity contribution in [3.63, 3.8) is 0 Å². The zero-order chi connectivity index (χ0) is 16.8. The van der Waals surface area contributed by atoms with Crippen LogP contribution in [0.4, 0.5) is 0 Å². The first-order valence-electron chi connectivity index (χ1n) is 8.50. The predicted molar refractivity (Wildman–Crippen MR) is 111 cm³/mol. The number of phenolic OH excluding ortho intramolecular Hbond substituents is 1. The number of phenols is 1. The molecule has 0 fully saturated rings. The second-order valence-electron chi connectivity index (χ2n) is 6.11. The molecule has 5 nitrogen and oxygen atoms in total. The molecule has 25 heavy (non-hydrogen) atoms. The van der Waals surface area contributed by atoms with Gasteiger partial charge in [0.25, 0.3) is 0 Å². The molecule has 2 aromatic rings. The Labute approximate surface area is 165 Å². The second kappa shape index (κ2) is 9.60. The van der Waals surface area contributed by atoms with Gasteiger partial charge in [-0.3, -0.25) is 4.98 Å². The predicted octanol–water partition coefficient (Wildman–Crippen LogP) is 2.93. The fourth-order valence-corrected chi connectivity index (χ4v) is 3.15. The molecule has 0 spiro atoms. The number of nitrogens with two attached hydrogens (primary N) is 1. The third-order valence-corrected chi connectivity index (χ3v) is 4.45. The highest BCUT2D eigenvalue weighted by Gasteiger charge is 2.16. The van der Waals surface area contributed by atoms with Crippen molar-refractivity contribution in [1.82, 2.24) is 10.3 Å². The number of hydrogen-bond donors (Lipinski definition) is 3. The minimum atomic E-state index is 0. The third kappa shape index (κ3) is 5.32. The molecule has 6 heteroatoms. The Morgan fingerprint density at radius 1 is 1.20 bits per heavy atom. The number of aromatic nitrogens is 1. The van der Waals surface area contributed by atoms with Gasteiger partial charge in [0.2, 0.25) is 0 Å². The molecule has 1 heterocycles. The Morgan fingerprint density at radius 2 is 2.04 bits per heavy atom. The van der Waals surface area contributed by atoms with Gasteiger partial charge in [-0.25, -0.2) is 4.99 Å². The molecule has 0 saturated heterocycles. The summed E-state index contributed by atoms with van der Waals surface area (Å²) in [7, 11) is 0. The highest BCUT2D eigenvalue weighted by molar-refractivity contribution is 14.0. The van der Waals surface area contributed by atoms with Crippen LogP contribution in [0.3, 0.4) is 0 Å². The standard InChI is InChI=1S/C19H24N4O.HI/c20-19(22-12-10-15-6-3-4-11-21-15)23-13-17-16-7-2-1-5-14(16)8-9-18(17)24;/h3-4,6,8-9,11,24H,1-2,5,7,10,12-13H2,(H3,20,22,23);1H. The molecule has 0 atom stereocenters. The number of guanidine groups is 1. The second-order valence-corrected chi connectivity index (χ2v) is 6.11. The van der Waals surface area contributed by atoms with Gasteiger partial charge < -0.3 is 16.2 Å². The van der Waals surface area contributed by atoms with Gasteiger partial charge in [-0.15, -0.1) is 24.0 Å². The van der Waals surface area contributed by atoms with E-state index in [2.05, 4.69) is 15.3 Å². The van der Waals surface area contributed by atoms with Gasteiger partial charge in [0, 0.05) is 30.4 Å². The van der Waals surface area contributed by atoms with E-state index in [-0.39, 0.29) is 24.0 Å². The fraction of sp³-hybridized carbons (Fsp3) is 0.368. The number of nitrogens with zero attached hydrogens (tertiary/aromatic N) is 2. The molecular weight excluding hydrogens is 427 g/mol. The van der Waals surface area contributed by atoms with Crippen LogP contribution in [0.15, 0.2) is 41.5 Å². The fourth-order valence-electron chi connectivity index (χ4n) is 3.15. The van der Waals surface area contributed by atoms with Crippen molar-refractivity contribution in [2.75, 3.05) is 6.54 Å². The maximum absolute atomic E-state index is 10.2. The summed E-state index contributed by atoms with van der Waals surface area (Å²) in [5, 5.41) is 13.3. The van der Waals surface area contributed by atoms with Crippen molar-refractivity contribution in [2.45, 2.75) is 38.6 Å². The third-order valence-electron chi connectivity index (χ3n) is 4.45. The van der Waals surface area contributed by atoms with Crippen molar-refractivity contribution >= 4 is 29.9 Å². The Hall–Kier alpha value is -1.83. The van der Waals surface area contributed by atoms with Crippen LogP contribution < -0.4 is 11.1 Å².